The van der Waals surface area contributed by atoms with Crippen molar-refractivity contribution in [2.45, 2.75) is 11.8 Å². The molecule has 0 saturated carbocycles. The maximum absolute atomic E-state index is 12.9. The zero-order chi connectivity index (χ0) is 18.5. The van der Waals surface area contributed by atoms with E-state index >= 15 is 0 Å². The summed E-state index contributed by atoms with van der Waals surface area (Å²) in [5.74, 6) is -1.66. The van der Waals surface area contributed by atoms with E-state index in [-0.39, 0.29) is 6.04 Å². The monoisotopic (exact) mass is 359 g/mol. The van der Waals surface area contributed by atoms with Gasteiger partial charge in [0.1, 0.15) is 6.04 Å². The number of carbonyl (C=O) groups is 1. The Hall–Kier alpha value is -2.95. The first-order chi connectivity index (χ1) is 13.3. The minimum atomic E-state index is -1.24. The number of ether oxygens (including phenoxy) is 2. The molecule has 0 unspecified atom stereocenters. The molecular weight excluding hydrogens is 338 g/mol. The molecule has 1 fully saturated rings. The lowest BCUT2D eigenvalue weighted by Gasteiger charge is -2.43. The first kappa shape index (κ1) is 17.5. The van der Waals surface area contributed by atoms with E-state index in [9.17, 15) is 4.79 Å². The van der Waals surface area contributed by atoms with Crippen molar-refractivity contribution < 1.29 is 14.3 Å². The zero-order valence-corrected chi connectivity index (χ0v) is 14.9. The van der Waals surface area contributed by atoms with Gasteiger partial charge in [0.25, 0.3) is 5.79 Å². The first-order valence-corrected chi connectivity index (χ1v) is 9.06. The quantitative estimate of drug-likeness (QED) is 0.714. The van der Waals surface area contributed by atoms with Crippen molar-refractivity contribution in [2.24, 2.45) is 0 Å². The summed E-state index contributed by atoms with van der Waals surface area (Å²) in [5.41, 5.74) is 2.30. The average molecular weight is 359 g/mol. The summed E-state index contributed by atoms with van der Waals surface area (Å²) < 4.78 is 12.3. The van der Waals surface area contributed by atoms with Gasteiger partial charge in [0.2, 0.25) is 0 Å². The molecule has 1 saturated heterocycles. The third-order valence-electron chi connectivity index (χ3n) is 4.71. The molecule has 4 heteroatoms. The van der Waals surface area contributed by atoms with Crippen LogP contribution in [0.5, 0.6) is 0 Å². The van der Waals surface area contributed by atoms with E-state index in [2.05, 4.69) is 5.32 Å². The maximum Gasteiger partial charge on any atom is 0.340 e. The van der Waals surface area contributed by atoms with Crippen LogP contribution in [0.2, 0.25) is 0 Å². The number of carbonyl (C=O) groups excluding carboxylic acids is 1. The lowest BCUT2D eigenvalue weighted by Crippen LogP contribution is -2.52. The molecule has 0 bridgehead atoms. The molecule has 0 aliphatic carbocycles. The highest BCUT2D eigenvalue weighted by atomic mass is 16.7. The maximum atomic E-state index is 12.9. The number of morpholine rings is 1. The Morgan fingerprint density at radius 3 is 2.15 bits per heavy atom. The smallest absolute Gasteiger partial charge is 0.340 e. The van der Waals surface area contributed by atoms with Crippen LogP contribution in [0.15, 0.2) is 91.0 Å². The molecule has 1 N–H and O–H groups in total. The molecule has 0 amide bonds. The molecule has 0 aromatic heterocycles. The molecule has 1 heterocycles. The van der Waals surface area contributed by atoms with Crippen molar-refractivity contribution >= 4 is 5.97 Å². The molecule has 0 radical (unpaired) electrons. The summed E-state index contributed by atoms with van der Waals surface area (Å²) in [6, 6.07) is 28.3. The van der Waals surface area contributed by atoms with E-state index in [0.717, 1.165) is 11.1 Å². The summed E-state index contributed by atoms with van der Waals surface area (Å²) in [4.78, 5) is 12.9. The van der Waals surface area contributed by atoms with Gasteiger partial charge in [0.05, 0.1) is 12.2 Å². The van der Waals surface area contributed by atoms with Crippen molar-refractivity contribution in [3.8, 4) is 0 Å². The number of esters is 1. The van der Waals surface area contributed by atoms with Crippen molar-refractivity contribution in [3.05, 3.63) is 108 Å². The number of rotatable bonds is 4. The van der Waals surface area contributed by atoms with Gasteiger partial charge in [-0.05, 0) is 17.7 Å². The Kier molecular flexibility index (Phi) is 5.01. The van der Waals surface area contributed by atoms with E-state index in [4.69, 9.17) is 9.47 Å². The van der Waals surface area contributed by atoms with Crippen LogP contribution in [0, 0.1) is 0 Å². The van der Waals surface area contributed by atoms with Crippen LogP contribution in [-0.4, -0.2) is 19.1 Å². The number of hydrogen-bond donors (Lipinski definition) is 1. The van der Waals surface area contributed by atoms with Crippen molar-refractivity contribution in [1.29, 1.82) is 0 Å². The summed E-state index contributed by atoms with van der Waals surface area (Å²) in [6.45, 7) is 1.12. The summed E-state index contributed by atoms with van der Waals surface area (Å²) in [5, 5.41) is 3.48. The molecule has 4 rings (SSSR count). The Morgan fingerprint density at radius 2 is 1.48 bits per heavy atom. The van der Waals surface area contributed by atoms with Crippen molar-refractivity contribution in [3.63, 3.8) is 0 Å². The highest BCUT2D eigenvalue weighted by molar-refractivity contribution is 5.89. The van der Waals surface area contributed by atoms with Crippen molar-refractivity contribution in [2.75, 3.05) is 13.2 Å². The normalized spacial score (nSPS) is 22.1. The number of benzene rings is 3. The SMILES string of the molecule is O=C(O[C@]1(c2ccccc2)OCCN[C@H]1c1ccccc1)c1ccccc1. The Labute approximate surface area is 158 Å². The number of nitrogens with one attached hydrogen (secondary N) is 1. The van der Waals surface area contributed by atoms with Crippen LogP contribution < -0.4 is 5.32 Å². The largest absolute Gasteiger partial charge is 0.423 e. The second-order valence-corrected chi connectivity index (χ2v) is 6.44. The average Bonchev–Trinajstić information content (AvgIpc) is 2.76. The van der Waals surface area contributed by atoms with Gasteiger partial charge in [-0.2, -0.15) is 0 Å². The highest BCUT2D eigenvalue weighted by Gasteiger charge is 2.48. The van der Waals surface area contributed by atoms with E-state index in [1.807, 2.05) is 78.9 Å². The van der Waals surface area contributed by atoms with Gasteiger partial charge in [-0.15, -0.1) is 0 Å². The summed E-state index contributed by atoms with van der Waals surface area (Å²) in [7, 11) is 0. The molecule has 1 aliphatic rings. The fourth-order valence-electron chi connectivity index (χ4n) is 3.45. The Balaban J connectivity index is 1.79. The Bertz CT molecular complexity index is 883. The third kappa shape index (κ3) is 3.50. The predicted octanol–water partition coefficient (Wildman–Crippen LogP) is 4.06. The minimum Gasteiger partial charge on any atom is -0.423 e. The third-order valence-corrected chi connectivity index (χ3v) is 4.71. The minimum absolute atomic E-state index is 0.317. The van der Waals surface area contributed by atoms with Gasteiger partial charge in [0, 0.05) is 12.1 Å². The highest BCUT2D eigenvalue weighted by Crippen LogP contribution is 2.42. The van der Waals surface area contributed by atoms with Gasteiger partial charge >= 0.3 is 5.97 Å². The fraction of sp³-hybridized carbons (Fsp3) is 0.174. The van der Waals surface area contributed by atoms with Crippen LogP contribution in [0.3, 0.4) is 0 Å². The second-order valence-electron chi connectivity index (χ2n) is 6.44. The van der Waals surface area contributed by atoms with Crippen LogP contribution in [0.4, 0.5) is 0 Å². The molecule has 4 nitrogen and oxygen atoms in total. The summed E-state index contributed by atoms with van der Waals surface area (Å²) in [6.07, 6.45) is 0. The van der Waals surface area contributed by atoms with Crippen LogP contribution in [-0.2, 0) is 15.3 Å². The topological polar surface area (TPSA) is 47.6 Å². The lowest BCUT2D eigenvalue weighted by atomic mass is 9.90. The lowest BCUT2D eigenvalue weighted by molar-refractivity contribution is -0.249. The zero-order valence-electron chi connectivity index (χ0n) is 14.9. The van der Waals surface area contributed by atoms with Crippen molar-refractivity contribution in [1.82, 2.24) is 5.32 Å². The van der Waals surface area contributed by atoms with E-state index in [1.165, 1.54) is 0 Å². The van der Waals surface area contributed by atoms with Crippen LogP contribution in [0.1, 0.15) is 27.5 Å². The molecule has 3 aromatic rings. The Morgan fingerprint density at radius 1 is 0.889 bits per heavy atom. The van der Waals surface area contributed by atoms with Crippen LogP contribution >= 0.6 is 0 Å². The second kappa shape index (κ2) is 7.74. The fourth-order valence-corrected chi connectivity index (χ4v) is 3.45. The van der Waals surface area contributed by atoms with Crippen LogP contribution in [0.25, 0.3) is 0 Å². The van der Waals surface area contributed by atoms with Gasteiger partial charge in [0.15, 0.2) is 0 Å². The molecule has 136 valence electrons. The van der Waals surface area contributed by atoms with E-state index in [1.54, 1.807) is 12.1 Å². The molecular formula is C23H21NO3. The first-order valence-electron chi connectivity index (χ1n) is 9.06. The van der Waals surface area contributed by atoms with Gasteiger partial charge < -0.3 is 14.8 Å². The van der Waals surface area contributed by atoms with E-state index in [0.29, 0.717) is 18.7 Å². The standard InChI is InChI=1S/C23H21NO3/c25-22(19-12-6-2-7-13-19)27-23(20-14-8-3-9-15-20)21(24-16-17-26-23)18-10-4-1-5-11-18/h1-15,21,24H,16-17H2/t21-,23-/m0/s1. The molecule has 2 atom stereocenters. The van der Waals surface area contributed by atoms with Gasteiger partial charge in [-0.1, -0.05) is 78.9 Å². The van der Waals surface area contributed by atoms with Gasteiger partial charge in [-0.3, -0.25) is 0 Å². The predicted molar refractivity (Wildman–Crippen MR) is 103 cm³/mol. The number of hydrogen-bond acceptors (Lipinski definition) is 4. The molecule has 0 spiro atoms. The summed E-state index contributed by atoms with van der Waals surface area (Å²) >= 11 is 0. The van der Waals surface area contributed by atoms with Gasteiger partial charge in [-0.25, -0.2) is 4.79 Å². The molecule has 3 aromatic carbocycles. The van der Waals surface area contributed by atoms with E-state index < -0.39 is 11.8 Å². The molecule has 1 aliphatic heterocycles. The molecule has 27 heavy (non-hydrogen) atoms.